The highest BCUT2D eigenvalue weighted by atomic mass is 19.1. The quantitative estimate of drug-likeness (QED) is 0.479. The molecule has 2 heteroatoms. The van der Waals surface area contributed by atoms with Gasteiger partial charge in [0.15, 0.2) is 0 Å². The predicted octanol–water partition coefficient (Wildman–Crippen LogP) is 3.23. The third-order valence-corrected chi connectivity index (χ3v) is 2.23. The van der Waals surface area contributed by atoms with Gasteiger partial charge in [-0.15, -0.1) is 0 Å². The fourth-order valence-corrected chi connectivity index (χ4v) is 1.47. The molecular formula is C12H14FN. The molecule has 0 N–H and O–H groups in total. The number of nitrogens with zero attached hydrogens (tertiary/aromatic N) is 1. The summed E-state index contributed by atoms with van der Waals surface area (Å²) in [6, 6.07) is 0. The highest BCUT2D eigenvalue weighted by Crippen LogP contribution is 2.34. The lowest BCUT2D eigenvalue weighted by Crippen LogP contribution is -2.28. The van der Waals surface area contributed by atoms with Gasteiger partial charge in [0.05, 0.1) is 5.92 Å². The first kappa shape index (κ1) is 10.6. The van der Waals surface area contributed by atoms with E-state index in [2.05, 4.69) is 18.3 Å². The van der Waals surface area contributed by atoms with Crippen molar-refractivity contribution >= 4 is 6.72 Å². The first-order valence-electron chi connectivity index (χ1n) is 4.46. The van der Waals surface area contributed by atoms with Crippen LogP contribution in [-0.4, -0.2) is 12.4 Å². The van der Waals surface area contributed by atoms with E-state index in [0.29, 0.717) is 5.70 Å². The third kappa shape index (κ3) is 2.08. The molecule has 0 bridgehead atoms. The van der Waals surface area contributed by atoms with Crippen molar-refractivity contribution in [1.29, 1.82) is 0 Å². The van der Waals surface area contributed by atoms with Crippen molar-refractivity contribution in [3.05, 3.63) is 48.7 Å². The Morgan fingerprint density at radius 3 is 2.79 bits per heavy atom. The van der Waals surface area contributed by atoms with Crippen LogP contribution in [0, 0.1) is 5.92 Å². The molecule has 0 aromatic carbocycles. The fourth-order valence-electron chi connectivity index (χ4n) is 1.47. The Morgan fingerprint density at radius 2 is 2.29 bits per heavy atom. The molecule has 0 aromatic rings. The van der Waals surface area contributed by atoms with Crippen molar-refractivity contribution in [3.8, 4) is 0 Å². The van der Waals surface area contributed by atoms with E-state index in [9.17, 15) is 4.39 Å². The molecule has 74 valence electrons. The molecule has 1 aliphatic carbocycles. The van der Waals surface area contributed by atoms with Crippen LogP contribution in [0.2, 0.25) is 0 Å². The SMILES string of the molecule is C=CC=C(N=C)C1C=CC=CC1(C)F. The Morgan fingerprint density at radius 1 is 1.57 bits per heavy atom. The van der Waals surface area contributed by atoms with Gasteiger partial charge < -0.3 is 0 Å². The van der Waals surface area contributed by atoms with Gasteiger partial charge in [-0.05, 0) is 25.8 Å². The molecule has 0 heterocycles. The van der Waals surface area contributed by atoms with Crippen LogP contribution in [0.5, 0.6) is 0 Å². The molecule has 0 spiro atoms. The molecule has 1 rings (SSSR count). The molecule has 0 saturated carbocycles. The molecule has 0 fully saturated rings. The van der Waals surface area contributed by atoms with E-state index in [1.807, 2.05) is 6.08 Å². The largest absolute Gasteiger partial charge is 0.268 e. The smallest absolute Gasteiger partial charge is 0.138 e. The summed E-state index contributed by atoms with van der Waals surface area (Å²) in [5.41, 5.74) is -0.796. The van der Waals surface area contributed by atoms with Crippen LogP contribution < -0.4 is 0 Å². The van der Waals surface area contributed by atoms with Crippen LogP contribution >= 0.6 is 0 Å². The van der Waals surface area contributed by atoms with Gasteiger partial charge in [0.2, 0.25) is 0 Å². The molecule has 1 nitrogen and oxygen atoms in total. The van der Waals surface area contributed by atoms with Crippen LogP contribution in [0.1, 0.15) is 6.92 Å². The van der Waals surface area contributed by atoms with E-state index >= 15 is 0 Å². The first-order valence-corrected chi connectivity index (χ1v) is 4.46. The minimum atomic E-state index is -1.40. The van der Waals surface area contributed by atoms with Gasteiger partial charge in [-0.2, -0.15) is 0 Å². The summed E-state index contributed by atoms with van der Waals surface area (Å²) in [6.45, 7) is 8.52. The number of alkyl halides is 1. The number of hydrogen-bond donors (Lipinski definition) is 0. The van der Waals surface area contributed by atoms with Gasteiger partial charge >= 0.3 is 0 Å². The lowest BCUT2D eigenvalue weighted by atomic mass is 9.84. The van der Waals surface area contributed by atoms with Crippen LogP contribution in [0.15, 0.2) is 53.7 Å². The molecule has 14 heavy (non-hydrogen) atoms. The molecule has 0 aliphatic heterocycles. The molecule has 2 unspecified atom stereocenters. The van der Waals surface area contributed by atoms with Crippen LogP contribution in [0.4, 0.5) is 4.39 Å². The van der Waals surface area contributed by atoms with Gasteiger partial charge in [-0.1, -0.05) is 30.9 Å². The molecule has 0 radical (unpaired) electrons. The Labute approximate surface area is 84.1 Å². The molecule has 1 aliphatic rings. The number of hydrogen-bond acceptors (Lipinski definition) is 1. The fraction of sp³-hybridized carbons (Fsp3) is 0.250. The standard InChI is InChI=1S/C12H14FN/c1-4-7-11(14-3)10-8-5-6-9-12(10,2)13/h4-10H,1,3H2,2H3. The van der Waals surface area contributed by atoms with Gasteiger partial charge in [-0.3, -0.25) is 4.99 Å². The van der Waals surface area contributed by atoms with Gasteiger partial charge in [0.25, 0.3) is 0 Å². The normalized spacial score (nSPS) is 31.6. The summed E-state index contributed by atoms with van der Waals surface area (Å²) in [6.07, 6.45) is 10.1. The highest BCUT2D eigenvalue weighted by molar-refractivity contribution is 5.36. The molecular weight excluding hydrogens is 177 g/mol. The Hall–Kier alpha value is -1.44. The topological polar surface area (TPSA) is 12.4 Å². The van der Waals surface area contributed by atoms with Crippen LogP contribution in [0.25, 0.3) is 0 Å². The summed E-state index contributed by atoms with van der Waals surface area (Å²) >= 11 is 0. The molecule has 0 aromatic heterocycles. The van der Waals surface area contributed by atoms with Gasteiger partial charge in [-0.25, -0.2) is 4.39 Å². The highest BCUT2D eigenvalue weighted by Gasteiger charge is 2.33. The zero-order valence-corrected chi connectivity index (χ0v) is 8.28. The van der Waals surface area contributed by atoms with Crippen molar-refractivity contribution in [1.82, 2.24) is 0 Å². The maximum Gasteiger partial charge on any atom is 0.138 e. The van der Waals surface area contributed by atoms with E-state index in [1.165, 1.54) is 13.0 Å². The summed E-state index contributed by atoms with van der Waals surface area (Å²) < 4.78 is 14.0. The van der Waals surface area contributed by atoms with E-state index in [4.69, 9.17) is 0 Å². The second kappa shape index (κ2) is 4.18. The zero-order chi connectivity index (χ0) is 10.6. The second-order valence-electron chi connectivity index (χ2n) is 3.36. The number of rotatable bonds is 3. The van der Waals surface area contributed by atoms with Crippen LogP contribution in [-0.2, 0) is 0 Å². The second-order valence-corrected chi connectivity index (χ2v) is 3.36. The van der Waals surface area contributed by atoms with Gasteiger partial charge in [0, 0.05) is 5.70 Å². The zero-order valence-electron chi connectivity index (χ0n) is 8.28. The minimum Gasteiger partial charge on any atom is -0.268 e. The molecule has 0 amide bonds. The number of halogens is 1. The Kier molecular flexibility index (Phi) is 3.18. The van der Waals surface area contributed by atoms with E-state index in [0.717, 1.165) is 0 Å². The van der Waals surface area contributed by atoms with Crippen molar-refractivity contribution in [2.75, 3.05) is 0 Å². The summed E-state index contributed by atoms with van der Waals surface area (Å²) in [5.74, 6) is -0.372. The van der Waals surface area contributed by atoms with Crippen molar-refractivity contribution < 1.29 is 4.39 Å². The summed E-state index contributed by atoms with van der Waals surface area (Å²) in [5, 5.41) is 0. The first-order chi connectivity index (χ1) is 6.61. The Balaban J connectivity index is 3.02. The van der Waals surface area contributed by atoms with Crippen LogP contribution in [0.3, 0.4) is 0 Å². The number of allylic oxidation sites excluding steroid dienone is 6. The molecule has 2 atom stereocenters. The van der Waals surface area contributed by atoms with E-state index in [-0.39, 0.29) is 5.92 Å². The predicted molar refractivity (Wildman–Crippen MR) is 59.1 cm³/mol. The summed E-state index contributed by atoms with van der Waals surface area (Å²) in [7, 11) is 0. The lowest BCUT2D eigenvalue weighted by molar-refractivity contribution is 0.209. The average Bonchev–Trinajstić information content (AvgIpc) is 2.14. The van der Waals surface area contributed by atoms with E-state index < -0.39 is 5.67 Å². The maximum absolute atomic E-state index is 14.0. The van der Waals surface area contributed by atoms with Crippen molar-refractivity contribution in [3.63, 3.8) is 0 Å². The number of aliphatic imine (C=N–C) groups is 1. The van der Waals surface area contributed by atoms with Crippen molar-refractivity contribution in [2.24, 2.45) is 10.9 Å². The average molecular weight is 191 g/mol. The summed E-state index contributed by atoms with van der Waals surface area (Å²) in [4.78, 5) is 3.81. The maximum atomic E-state index is 14.0. The third-order valence-electron chi connectivity index (χ3n) is 2.23. The monoisotopic (exact) mass is 191 g/mol. The van der Waals surface area contributed by atoms with E-state index in [1.54, 1.807) is 24.3 Å². The van der Waals surface area contributed by atoms with Gasteiger partial charge in [0.1, 0.15) is 5.67 Å². The Bertz CT molecular complexity index is 321. The lowest BCUT2D eigenvalue weighted by Gasteiger charge is -2.27. The van der Waals surface area contributed by atoms with Crippen molar-refractivity contribution in [2.45, 2.75) is 12.6 Å². The molecule has 0 saturated heterocycles. The minimum absolute atomic E-state index is 0.372.